The second-order valence-electron chi connectivity index (χ2n) is 10.0. The largest absolute Gasteiger partial charge is 0.387 e. The fourth-order valence-electron chi connectivity index (χ4n) is 6.03. The maximum atomic E-state index is 14.4. The molecule has 30 heavy (non-hydrogen) atoms. The molecule has 5 nitrogen and oxygen atoms in total. The zero-order chi connectivity index (χ0) is 22.3. The van der Waals surface area contributed by atoms with Crippen molar-refractivity contribution in [3.05, 3.63) is 29.6 Å². The first-order valence-electron chi connectivity index (χ1n) is 10.8. The van der Waals surface area contributed by atoms with E-state index in [4.69, 9.17) is 5.41 Å². The summed E-state index contributed by atoms with van der Waals surface area (Å²) in [5.41, 5.74) is 0.582. The average Bonchev–Trinajstić information content (AvgIpc) is 2.65. The molecule has 0 aromatic heterocycles. The molecule has 5 atom stereocenters. The van der Waals surface area contributed by atoms with Crippen molar-refractivity contribution in [3.8, 4) is 6.07 Å². The lowest BCUT2D eigenvalue weighted by Gasteiger charge is -2.56. The summed E-state index contributed by atoms with van der Waals surface area (Å²) in [6, 6.07) is 7.33. The smallest absolute Gasteiger partial charge is 0.223 e. The van der Waals surface area contributed by atoms with Gasteiger partial charge < -0.3 is 15.6 Å². The summed E-state index contributed by atoms with van der Waals surface area (Å²) < 4.78 is 14.4. The Bertz CT molecular complexity index is 890. The van der Waals surface area contributed by atoms with Crippen molar-refractivity contribution in [2.45, 2.75) is 71.9 Å². The van der Waals surface area contributed by atoms with Gasteiger partial charge in [-0.3, -0.25) is 4.79 Å². The molecule has 0 radical (unpaired) electrons. The van der Waals surface area contributed by atoms with Gasteiger partial charge in [0.15, 0.2) is 0 Å². The van der Waals surface area contributed by atoms with Gasteiger partial charge in [0.1, 0.15) is 5.82 Å². The number of likely N-dealkylation sites (tertiary alicyclic amines) is 1. The molecule has 1 heterocycles. The second kappa shape index (κ2) is 8.02. The van der Waals surface area contributed by atoms with Gasteiger partial charge in [-0.15, -0.1) is 0 Å². The van der Waals surface area contributed by atoms with E-state index in [2.05, 4.69) is 25.2 Å². The third kappa shape index (κ3) is 4.08. The van der Waals surface area contributed by atoms with Crippen molar-refractivity contribution in [2.75, 3.05) is 12.4 Å². The molecule has 5 unspecified atom stereocenters. The Hall–Kier alpha value is -2.42. The molecule has 0 spiro atoms. The van der Waals surface area contributed by atoms with Crippen LogP contribution in [0.1, 0.15) is 65.4 Å². The quantitative estimate of drug-likeness (QED) is 0.670. The van der Waals surface area contributed by atoms with E-state index in [0.29, 0.717) is 12.1 Å². The molecule has 2 aliphatic rings. The zero-order valence-electron chi connectivity index (χ0n) is 18.7. The summed E-state index contributed by atoms with van der Waals surface area (Å²) in [6.07, 6.45) is 3.54. The van der Waals surface area contributed by atoms with Crippen LogP contribution in [0, 0.1) is 39.3 Å². The van der Waals surface area contributed by atoms with Crippen LogP contribution in [0.4, 0.5) is 10.1 Å². The Morgan fingerprint density at radius 1 is 1.40 bits per heavy atom. The lowest BCUT2D eigenvalue weighted by molar-refractivity contribution is -0.146. The van der Waals surface area contributed by atoms with Gasteiger partial charge in [-0.05, 0) is 57.1 Å². The van der Waals surface area contributed by atoms with Crippen LogP contribution in [-0.4, -0.2) is 35.7 Å². The molecule has 1 saturated carbocycles. The Balaban J connectivity index is 1.79. The third-order valence-electron chi connectivity index (χ3n) is 6.97. The van der Waals surface area contributed by atoms with Crippen LogP contribution in [0.15, 0.2) is 18.2 Å². The van der Waals surface area contributed by atoms with Gasteiger partial charge in [0.05, 0.1) is 17.0 Å². The first kappa shape index (κ1) is 22.3. The Morgan fingerprint density at radius 2 is 2.10 bits per heavy atom. The first-order valence-corrected chi connectivity index (χ1v) is 10.8. The van der Waals surface area contributed by atoms with Crippen molar-refractivity contribution in [1.29, 1.82) is 10.7 Å². The number of nitriles is 1. The van der Waals surface area contributed by atoms with Gasteiger partial charge in [-0.1, -0.05) is 19.9 Å². The fourth-order valence-corrected chi connectivity index (χ4v) is 6.03. The van der Waals surface area contributed by atoms with Crippen molar-refractivity contribution < 1.29 is 9.18 Å². The number of nitrogens with one attached hydrogen (secondary N) is 2. The van der Waals surface area contributed by atoms with Gasteiger partial charge in [0, 0.05) is 42.9 Å². The monoisotopic (exact) mass is 412 g/mol. The highest BCUT2D eigenvalue weighted by atomic mass is 19.1. The average molecular weight is 413 g/mol. The lowest BCUT2D eigenvalue weighted by atomic mass is 9.58. The van der Waals surface area contributed by atoms with E-state index < -0.39 is 17.2 Å². The lowest BCUT2D eigenvalue weighted by Crippen LogP contribution is -2.58. The van der Waals surface area contributed by atoms with Crippen molar-refractivity contribution in [1.82, 2.24) is 4.90 Å². The molecule has 1 amide bonds. The third-order valence-corrected chi connectivity index (χ3v) is 6.97. The number of hydrogen-bond acceptors (Lipinski definition) is 4. The van der Waals surface area contributed by atoms with E-state index in [9.17, 15) is 14.4 Å². The van der Waals surface area contributed by atoms with Crippen LogP contribution >= 0.6 is 0 Å². The fraction of sp³-hybridized carbons (Fsp3) is 0.625. The van der Waals surface area contributed by atoms with Crippen LogP contribution in [0.5, 0.6) is 0 Å². The number of nitrogens with zero attached hydrogens (tertiary/aromatic N) is 2. The van der Waals surface area contributed by atoms with Gasteiger partial charge in [0.2, 0.25) is 5.91 Å². The Kier molecular flexibility index (Phi) is 5.95. The van der Waals surface area contributed by atoms with Gasteiger partial charge in [0.25, 0.3) is 0 Å². The summed E-state index contributed by atoms with van der Waals surface area (Å²) in [5.74, 6) is -0.866. The molecule has 1 aliphatic heterocycles. The molecular weight excluding hydrogens is 379 g/mol. The number of benzene rings is 1. The minimum atomic E-state index is -0.453. The minimum Gasteiger partial charge on any atom is -0.387 e. The maximum Gasteiger partial charge on any atom is 0.223 e. The number of rotatable bonds is 5. The number of piperidine rings is 1. The van der Waals surface area contributed by atoms with Gasteiger partial charge >= 0.3 is 0 Å². The zero-order valence-corrected chi connectivity index (χ0v) is 18.7. The molecular formula is C24H33FN4O. The van der Waals surface area contributed by atoms with E-state index in [1.165, 1.54) is 6.07 Å². The van der Waals surface area contributed by atoms with Crippen molar-refractivity contribution >= 4 is 17.3 Å². The highest BCUT2D eigenvalue weighted by molar-refractivity contribution is 6.05. The standard InChI is InChI=1S/C24H33FN4O/c1-15(22(27)21-18(25)7-6-8-19(21)28-5)9-20(30)29-16(2)10-23(3)11-17(29)12-24(4,13-23)14-26/h6-8,15-17,27-28H,9-13H2,1-5H3. The molecule has 6 heteroatoms. The molecule has 3 rings (SSSR count). The summed E-state index contributed by atoms with van der Waals surface area (Å²) in [5, 5.41) is 21.2. The van der Waals surface area contributed by atoms with Crippen LogP contribution in [-0.2, 0) is 4.79 Å². The highest BCUT2D eigenvalue weighted by Crippen LogP contribution is 2.53. The summed E-state index contributed by atoms with van der Waals surface area (Å²) >= 11 is 0. The van der Waals surface area contributed by atoms with Crippen molar-refractivity contribution in [3.63, 3.8) is 0 Å². The first-order chi connectivity index (χ1) is 14.0. The molecule has 2 fully saturated rings. The predicted octanol–water partition coefficient (Wildman–Crippen LogP) is 4.97. The van der Waals surface area contributed by atoms with Gasteiger partial charge in [-0.25, -0.2) is 4.39 Å². The van der Waals surface area contributed by atoms with Crippen molar-refractivity contribution in [2.24, 2.45) is 16.7 Å². The normalized spacial score (nSPS) is 31.6. The summed E-state index contributed by atoms with van der Waals surface area (Å²) in [4.78, 5) is 15.3. The van der Waals surface area contributed by atoms with E-state index in [0.717, 1.165) is 19.3 Å². The summed E-state index contributed by atoms with van der Waals surface area (Å²) in [6.45, 7) is 8.14. The molecule has 1 aliphatic carbocycles. The second-order valence-corrected chi connectivity index (χ2v) is 10.0. The maximum absolute atomic E-state index is 14.4. The van der Waals surface area contributed by atoms with Crippen LogP contribution < -0.4 is 5.32 Å². The number of carbonyl (C=O) groups excluding carboxylic acids is 1. The number of fused-ring (bicyclic) bond motifs is 2. The molecule has 1 aromatic carbocycles. The van der Waals surface area contributed by atoms with Crippen LogP contribution in [0.2, 0.25) is 0 Å². The molecule has 2 bridgehead atoms. The number of halogens is 1. The Morgan fingerprint density at radius 3 is 2.73 bits per heavy atom. The number of carbonyl (C=O) groups is 1. The Labute approximate surface area is 179 Å². The van der Waals surface area contributed by atoms with Crippen LogP contribution in [0.3, 0.4) is 0 Å². The molecule has 2 N–H and O–H groups in total. The van der Waals surface area contributed by atoms with Crippen LogP contribution in [0.25, 0.3) is 0 Å². The van der Waals surface area contributed by atoms with Gasteiger partial charge in [-0.2, -0.15) is 5.26 Å². The number of amides is 1. The topological polar surface area (TPSA) is 80.0 Å². The minimum absolute atomic E-state index is 0.00339. The molecule has 1 aromatic rings. The summed E-state index contributed by atoms with van der Waals surface area (Å²) in [7, 11) is 1.70. The van der Waals surface area contributed by atoms with E-state index in [1.54, 1.807) is 19.2 Å². The molecule has 162 valence electrons. The van der Waals surface area contributed by atoms with E-state index >= 15 is 0 Å². The number of hydrogen-bond donors (Lipinski definition) is 2. The molecule has 1 saturated heterocycles. The predicted molar refractivity (Wildman–Crippen MR) is 117 cm³/mol. The SMILES string of the molecule is CNc1cccc(F)c1C(=N)C(C)CC(=O)N1C(C)CC2(C)CC1CC(C)(C#N)C2. The van der Waals surface area contributed by atoms with E-state index in [1.807, 2.05) is 18.7 Å². The highest BCUT2D eigenvalue weighted by Gasteiger charge is 2.51. The van der Waals surface area contributed by atoms with E-state index in [-0.39, 0.29) is 41.1 Å². The number of anilines is 1.